The quantitative estimate of drug-likeness (QED) is 0.643. The first kappa shape index (κ1) is 14.3. The highest BCUT2D eigenvalue weighted by Crippen LogP contribution is 2.56. The van der Waals surface area contributed by atoms with Gasteiger partial charge in [0, 0.05) is 11.8 Å². The van der Waals surface area contributed by atoms with E-state index in [4.69, 9.17) is 0 Å². The Hall–Kier alpha value is -2.25. The summed E-state index contributed by atoms with van der Waals surface area (Å²) in [6, 6.07) is 5.32. The van der Waals surface area contributed by atoms with E-state index >= 15 is 0 Å². The minimum absolute atomic E-state index is 0.0426. The van der Waals surface area contributed by atoms with Gasteiger partial charge < -0.3 is 20.1 Å². The number of carbonyl (C=O) groups is 3. The Kier molecular flexibility index (Phi) is 2.88. The number of aromatic carboxylic acids is 1. The summed E-state index contributed by atoms with van der Waals surface area (Å²) in [5, 5.41) is 30.8. The number of aliphatic hydroxyl groups excluding tert-OH is 2. The van der Waals surface area contributed by atoms with Crippen molar-refractivity contribution in [2.45, 2.75) is 18.6 Å². The van der Waals surface area contributed by atoms with Crippen molar-refractivity contribution >= 4 is 23.5 Å². The smallest absolute Gasteiger partial charge is 0.238 e. The second-order valence-electron chi connectivity index (χ2n) is 6.44. The Bertz CT molecular complexity index is 682. The Morgan fingerprint density at radius 2 is 1.48 bits per heavy atom. The molecule has 1 aromatic rings. The highest BCUT2D eigenvalue weighted by Gasteiger charge is 2.67. The number of hydrogen-bond donors (Lipinski definition) is 2. The van der Waals surface area contributed by atoms with Crippen LogP contribution in [-0.2, 0) is 9.59 Å². The van der Waals surface area contributed by atoms with Crippen molar-refractivity contribution in [1.82, 2.24) is 0 Å². The van der Waals surface area contributed by atoms with Crippen LogP contribution in [0.4, 0.5) is 5.69 Å². The predicted octanol–water partition coefficient (Wildman–Crippen LogP) is -1.47. The van der Waals surface area contributed by atoms with Gasteiger partial charge in [0.15, 0.2) is 0 Å². The molecule has 2 saturated carbocycles. The van der Waals surface area contributed by atoms with Crippen molar-refractivity contribution in [2.24, 2.45) is 23.7 Å². The van der Waals surface area contributed by atoms with Crippen LogP contribution in [0.1, 0.15) is 16.8 Å². The number of carbonyl (C=O) groups excluding carboxylic acids is 3. The van der Waals surface area contributed by atoms with E-state index in [2.05, 4.69) is 0 Å². The summed E-state index contributed by atoms with van der Waals surface area (Å²) in [6.07, 6.45) is -1.47. The zero-order chi connectivity index (χ0) is 16.5. The average Bonchev–Trinajstić information content (AvgIpc) is 3.12. The first-order chi connectivity index (χ1) is 10.9. The first-order valence-electron chi connectivity index (χ1n) is 7.47. The van der Waals surface area contributed by atoms with Crippen LogP contribution in [0.3, 0.4) is 0 Å². The number of rotatable bonds is 2. The van der Waals surface area contributed by atoms with Gasteiger partial charge in [-0.2, -0.15) is 0 Å². The molecule has 1 heterocycles. The van der Waals surface area contributed by atoms with Gasteiger partial charge in [-0.05, 0) is 24.1 Å². The highest BCUT2D eigenvalue weighted by atomic mass is 16.4. The van der Waals surface area contributed by atoms with Gasteiger partial charge >= 0.3 is 0 Å². The largest absolute Gasteiger partial charge is 0.545 e. The van der Waals surface area contributed by atoms with Gasteiger partial charge in [-0.25, -0.2) is 0 Å². The van der Waals surface area contributed by atoms with Crippen LogP contribution in [0.15, 0.2) is 24.3 Å². The molecule has 6 atom stereocenters. The number of carboxylic acid groups (broad SMARTS) is 1. The number of hydrogen-bond acceptors (Lipinski definition) is 6. The van der Waals surface area contributed by atoms with E-state index in [1.54, 1.807) is 0 Å². The molecule has 7 nitrogen and oxygen atoms in total. The minimum Gasteiger partial charge on any atom is -0.545 e. The third-order valence-corrected chi connectivity index (χ3v) is 5.45. The van der Waals surface area contributed by atoms with Crippen LogP contribution in [0.25, 0.3) is 0 Å². The standard InChI is InChI=1S/C16H15NO6/c18-12-8-5-9(13(12)19)11-10(8)14(20)17(15(11)21)7-3-1-6(2-4-7)16(22)23/h1-4,8-13,18-19H,5H2,(H,22,23)/p-1/t8-,9+,10-,11-,12+,13-/m0/s1. The fourth-order valence-electron chi connectivity index (χ4n) is 4.43. The van der Waals surface area contributed by atoms with Gasteiger partial charge in [-0.15, -0.1) is 0 Å². The van der Waals surface area contributed by atoms with Gasteiger partial charge in [-0.3, -0.25) is 14.5 Å². The molecule has 3 aliphatic rings. The maximum absolute atomic E-state index is 12.6. The molecule has 2 N–H and O–H groups in total. The molecule has 3 fully saturated rings. The molecule has 1 aliphatic heterocycles. The van der Waals surface area contributed by atoms with Crippen LogP contribution in [0, 0.1) is 23.7 Å². The fourth-order valence-corrected chi connectivity index (χ4v) is 4.43. The number of benzene rings is 1. The van der Waals surface area contributed by atoms with Crippen molar-refractivity contribution in [1.29, 1.82) is 0 Å². The number of carboxylic acids is 1. The summed E-state index contributed by atoms with van der Waals surface area (Å²) in [6.45, 7) is 0. The normalized spacial score (nSPS) is 38.3. The zero-order valence-electron chi connectivity index (χ0n) is 12.0. The maximum atomic E-state index is 12.6. The van der Waals surface area contributed by atoms with Crippen LogP contribution >= 0.6 is 0 Å². The Labute approximate surface area is 131 Å². The average molecular weight is 316 g/mol. The maximum Gasteiger partial charge on any atom is 0.238 e. The predicted molar refractivity (Wildman–Crippen MR) is 73.9 cm³/mol. The topological polar surface area (TPSA) is 118 Å². The molecule has 7 heteroatoms. The summed E-state index contributed by atoms with van der Waals surface area (Å²) in [5.41, 5.74) is 0.252. The lowest BCUT2D eigenvalue weighted by Gasteiger charge is -2.29. The van der Waals surface area contributed by atoms with Gasteiger partial charge in [0.25, 0.3) is 0 Å². The van der Waals surface area contributed by atoms with Crippen LogP contribution in [0.2, 0.25) is 0 Å². The van der Waals surface area contributed by atoms with Crippen molar-refractivity contribution in [3.8, 4) is 0 Å². The molecule has 2 bridgehead atoms. The lowest BCUT2D eigenvalue weighted by atomic mass is 9.78. The van der Waals surface area contributed by atoms with Gasteiger partial charge in [0.05, 0.1) is 35.7 Å². The first-order valence-corrected chi connectivity index (χ1v) is 7.47. The Morgan fingerprint density at radius 1 is 1.00 bits per heavy atom. The molecule has 4 rings (SSSR count). The van der Waals surface area contributed by atoms with Crippen molar-refractivity contribution in [2.75, 3.05) is 4.90 Å². The van der Waals surface area contributed by atoms with Gasteiger partial charge in [0.2, 0.25) is 11.8 Å². The SMILES string of the molecule is O=C([O-])c1ccc(N2C(=O)[C@H]3[C@@H]4C[C@@H]([C@H](O)[C@@H]4O)[C@@H]3C2=O)cc1. The number of fused-ring (bicyclic) bond motifs is 5. The summed E-state index contributed by atoms with van der Waals surface area (Å²) in [4.78, 5) is 37.1. The summed E-state index contributed by atoms with van der Waals surface area (Å²) >= 11 is 0. The van der Waals surface area contributed by atoms with E-state index in [9.17, 15) is 29.7 Å². The second kappa shape index (κ2) is 4.62. The molecule has 0 aromatic heterocycles. The fraction of sp³-hybridized carbons (Fsp3) is 0.438. The van der Waals surface area contributed by atoms with Crippen molar-refractivity contribution < 1.29 is 29.7 Å². The molecule has 1 aromatic carbocycles. The molecular weight excluding hydrogens is 302 g/mol. The van der Waals surface area contributed by atoms with Gasteiger partial charge in [-0.1, -0.05) is 12.1 Å². The van der Waals surface area contributed by atoms with E-state index < -0.39 is 41.8 Å². The minimum atomic E-state index is -1.34. The van der Waals surface area contributed by atoms with E-state index in [1.165, 1.54) is 24.3 Å². The Balaban J connectivity index is 1.68. The number of anilines is 1. The molecule has 1 saturated heterocycles. The Morgan fingerprint density at radius 3 is 1.91 bits per heavy atom. The summed E-state index contributed by atoms with van der Waals surface area (Å²) < 4.78 is 0. The van der Waals surface area contributed by atoms with Crippen LogP contribution in [0.5, 0.6) is 0 Å². The number of amides is 2. The van der Waals surface area contributed by atoms with Crippen LogP contribution < -0.4 is 10.0 Å². The molecule has 23 heavy (non-hydrogen) atoms. The lowest BCUT2D eigenvalue weighted by Crippen LogP contribution is -2.43. The molecule has 2 aliphatic carbocycles. The number of nitrogens with zero attached hydrogens (tertiary/aromatic N) is 1. The molecule has 120 valence electrons. The van der Waals surface area contributed by atoms with Gasteiger partial charge in [0.1, 0.15) is 0 Å². The highest BCUT2D eigenvalue weighted by molar-refractivity contribution is 6.22. The van der Waals surface area contributed by atoms with E-state index in [1.807, 2.05) is 0 Å². The molecule has 0 unspecified atom stereocenters. The monoisotopic (exact) mass is 316 g/mol. The molecule has 0 radical (unpaired) electrons. The lowest BCUT2D eigenvalue weighted by molar-refractivity contribution is -0.255. The molecular formula is C16H14NO6-. The summed E-state index contributed by atoms with van der Waals surface area (Å²) in [7, 11) is 0. The second-order valence-corrected chi connectivity index (χ2v) is 6.44. The third-order valence-electron chi connectivity index (χ3n) is 5.45. The zero-order valence-corrected chi connectivity index (χ0v) is 12.0. The number of aliphatic hydroxyl groups is 2. The van der Waals surface area contributed by atoms with Crippen molar-refractivity contribution in [3.05, 3.63) is 29.8 Å². The van der Waals surface area contributed by atoms with Crippen LogP contribution in [-0.4, -0.2) is 40.2 Å². The van der Waals surface area contributed by atoms with E-state index in [-0.39, 0.29) is 17.4 Å². The van der Waals surface area contributed by atoms with E-state index in [0.29, 0.717) is 12.1 Å². The summed E-state index contributed by atoms with van der Waals surface area (Å²) in [5.74, 6) is -4.12. The number of imide groups is 1. The molecule has 0 spiro atoms. The van der Waals surface area contributed by atoms with E-state index in [0.717, 1.165) is 4.90 Å². The molecule has 2 amide bonds. The third kappa shape index (κ3) is 1.74. The van der Waals surface area contributed by atoms with Crippen molar-refractivity contribution in [3.63, 3.8) is 0 Å².